The number of aliphatic imine (C=N–C) groups is 1. The Hall–Kier alpha value is -2.07. The minimum absolute atomic E-state index is 0.157. The second-order valence-corrected chi connectivity index (χ2v) is 9.01. The minimum atomic E-state index is -1.17. The number of nitrogens with two attached hydrogens (primary N) is 2. The SMILES string of the molecule is Cc1cc(SCC(=O)NC2=CC([C@]3(C)CCSC(N)=N3)C(F)C=C2)nc(N)n1. The summed E-state index contributed by atoms with van der Waals surface area (Å²) in [4.78, 5) is 24.9. The van der Waals surface area contributed by atoms with E-state index in [1.54, 1.807) is 18.2 Å². The van der Waals surface area contributed by atoms with E-state index in [4.69, 9.17) is 11.5 Å². The largest absolute Gasteiger partial charge is 0.379 e. The maximum absolute atomic E-state index is 14.6. The molecule has 0 fully saturated rings. The number of hydrogen-bond donors (Lipinski definition) is 3. The highest BCUT2D eigenvalue weighted by Crippen LogP contribution is 2.38. The molecule has 2 unspecified atom stereocenters. The average Bonchev–Trinajstić information content (AvgIpc) is 2.60. The molecule has 0 bridgehead atoms. The number of aromatic nitrogens is 2. The Morgan fingerprint density at radius 3 is 2.96 bits per heavy atom. The van der Waals surface area contributed by atoms with Gasteiger partial charge in [0.05, 0.1) is 11.3 Å². The van der Waals surface area contributed by atoms with Gasteiger partial charge in [0.2, 0.25) is 11.9 Å². The van der Waals surface area contributed by atoms with Crippen LogP contribution in [0.4, 0.5) is 10.3 Å². The monoisotopic (exact) mass is 422 g/mol. The van der Waals surface area contributed by atoms with E-state index in [1.807, 2.05) is 13.8 Å². The maximum atomic E-state index is 14.6. The number of rotatable bonds is 5. The fourth-order valence-corrected chi connectivity index (χ4v) is 4.94. The quantitative estimate of drug-likeness (QED) is 0.491. The van der Waals surface area contributed by atoms with Gasteiger partial charge in [0.25, 0.3) is 0 Å². The number of thioether (sulfide) groups is 2. The molecule has 2 aliphatic rings. The lowest BCUT2D eigenvalue weighted by atomic mass is 9.78. The topological polar surface area (TPSA) is 119 Å². The van der Waals surface area contributed by atoms with Crippen LogP contribution in [-0.4, -0.2) is 44.3 Å². The van der Waals surface area contributed by atoms with Gasteiger partial charge in [-0.2, -0.15) is 0 Å². The number of aryl methyl sites for hydroxylation is 1. The first-order valence-corrected chi connectivity index (χ1v) is 10.8. The molecule has 10 heteroatoms. The molecule has 1 aromatic rings. The molecule has 0 saturated heterocycles. The van der Waals surface area contributed by atoms with Gasteiger partial charge in [-0.25, -0.2) is 14.4 Å². The molecule has 0 saturated carbocycles. The molecule has 1 amide bonds. The molecule has 1 aliphatic carbocycles. The van der Waals surface area contributed by atoms with E-state index in [-0.39, 0.29) is 17.6 Å². The van der Waals surface area contributed by atoms with Crippen molar-refractivity contribution in [2.24, 2.45) is 16.6 Å². The minimum Gasteiger partial charge on any atom is -0.379 e. The zero-order valence-electron chi connectivity index (χ0n) is 15.7. The number of alkyl halides is 1. The predicted octanol–water partition coefficient (Wildman–Crippen LogP) is 2.19. The Morgan fingerprint density at radius 2 is 2.25 bits per heavy atom. The van der Waals surface area contributed by atoms with Gasteiger partial charge in [0, 0.05) is 23.1 Å². The molecule has 2 heterocycles. The van der Waals surface area contributed by atoms with Crippen LogP contribution < -0.4 is 16.8 Å². The summed E-state index contributed by atoms with van der Waals surface area (Å²) in [6.45, 7) is 3.72. The first-order valence-electron chi connectivity index (χ1n) is 8.81. The third-order valence-corrected chi connectivity index (χ3v) is 6.29. The van der Waals surface area contributed by atoms with Gasteiger partial charge in [0.1, 0.15) is 11.2 Å². The molecule has 3 rings (SSSR count). The molecule has 0 spiro atoms. The van der Waals surface area contributed by atoms with Crippen molar-refractivity contribution in [1.82, 2.24) is 15.3 Å². The van der Waals surface area contributed by atoms with E-state index in [0.717, 1.165) is 17.9 Å². The van der Waals surface area contributed by atoms with Crippen molar-refractivity contribution in [3.8, 4) is 0 Å². The van der Waals surface area contributed by atoms with Crippen molar-refractivity contribution in [2.45, 2.75) is 37.0 Å². The number of nitrogens with one attached hydrogen (secondary N) is 1. The van der Waals surface area contributed by atoms with Gasteiger partial charge in [0.15, 0.2) is 5.17 Å². The fourth-order valence-electron chi connectivity index (χ4n) is 3.18. The Labute approximate surface area is 171 Å². The molecule has 1 aliphatic heterocycles. The van der Waals surface area contributed by atoms with Crippen LogP contribution in [0.25, 0.3) is 0 Å². The molecule has 0 radical (unpaired) electrons. The summed E-state index contributed by atoms with van der Waals surface area (Å²) in [6, 6.07) is 1.77. The Bertz CT molecular complexity index is 838. The maximum Gasteiger partial charge on any atom is 0.234 e. The molecular weight excluding hydrogens is 399 g/mol. The number of amides is 1. The smallest absolute Gasteiger partial charge is 0.234 e. The predicted molar refractivity (Wildman–Crippen MR) is 113 cm³/mol. The van der Waals surface area contributed by atoms with E-state index in [1.165, 1.54) is 29.6 Å². The van der Waals surface area contributed by atoms with Crippen LogP contribution in [0.2, 0.25) is 0 Å². The first kappa shape index (κ1) is 20.7. The summed E-state index contributed by atoms with van der Waals surface area (Å²) in [5.74, 6) is 0.440. The normalized spacial score (nSPS) is 27.1. The third-order valence-electron chi connectivity index (χ3n) is 4.59. The number of hydrogen-bond acceptors (Lipinski definition) is 8. The van der Waals surface area contributed by atoms with E-state index in [9.17, 15) is 9.18 Å². The van der Waals surface area contributed by atoms with E-state index in [2.05, 4.69) is 20.3 Å². The lowest BCUT2D eigenvalue weighted by Crippen LogP contribution is -2.43. The summed E-state index contributed by atoms with van der Waals surface area (Å²) >= 11 is 2.74. The molecule has 3 atom stereocenters. The number of allylic oxidation sites excluding steroid dienone is 2. The van der Waals surface area contributed by atoms with Crippen molar-refractivity contribution in [2.75, 3.05) is 17.2 Å². The van der Waals surface area contributed by atoms with Crippen LogP contribution in [0, 0.1) is 12.8 Å². The molecule has 7 nitrogen and oxygen atoms in total. The summed E-state index contributed by atoms with van der Waals surface area (Å²) in [5, 5.41) is 3.93. The van der Waals surface area contributed by atoms with Gasteiger partial charge >= 0.3 is 0 Å². The zero-order chi connectivity index (χ0) is 20.3. The highest BCUT2D eigenvalue weighted by Gasteiger charge is 2.40. The summed E-state index contributed by atoms with van der Waals surface area (Å²) in [7, 11) is 0. The highest BCUT2D eigenvalue weighted by molar-refractivity contribution is 8.13. The summed E-state index contributed by atoms with van der Waals surface area (Å²) < 4.78 is 14.6. The fraction of sp³-hybridized carbons (Fsp3) is 0.444. The van der Waals surface area contributed by atoms with Crippen molar-refractivity contribution >= 4 is 40.5 Å². The van der Waals surface area contributed by atoms with Crippen LogP contribution in [0.15, 0.2) is 40.0 Å². The van der Waals surface area contributed by atoms with Crippen LogP contribution in [0.3, 0.4) is 0 Å². The molecular formula is C18H23FN6OS2. The number of carbonyl (C=O) groups is 1. The van der Waals surface area contributed by atoms with E-state index >= 15 is 0 Å². The molecule has 5 N–H and O–H groups in total. The standard InChI is InChI=1S/C18H23FN6OS2/c1-10-7-15(24-16(20)22-10)28-9-14(26)23-11-3-4-13(19)12(8-11)18(2)5-6-27-17(21)25-18/h3-4,7-8,12-13H,5-6,9H2,1-2H3,(H2,21,25)(H,23,26)(H2,20,22,24)/t12?,13?,18-/m0/s1. The number of halogens is 1. The van der Waals surface area contributed by atoms with Crippen molar-refractivity contribution < 1.29 is 9.18 Å². The van der Waals surface area contributed by atoms with Gasteiger partial charge in [-0.05, 0) is 38.5 Å². The Kier molecular flexibility index (Phi) is 6.29. The van der Waals surface area contributed by atoms with E-state index < -0.39 is 17.6 Å². The van der Waals surface area contributed by atoms with Crippen LogP contribution in [0.1, 0.15) is 19.0 Å². The first-order chi connectivity index (χ1) is 13.2. The molecule has 1 aromatic heterocycles. The van der Waals surface area contributed by atoms with Gasteiger partial charge < -0.3 is 16.8 Å². The molecule has 28 heavy (non-hydrogen) atoms. The average molecular weight is 423 g/mol. The zero-order valence-corrected chi connectivity index (χ0v) is 17.3. The summed E-state index contributed by atoms with van der Waals surface area (Å²) in [6.07, 6.45) is 4.34. The lowest BCUT2D eigenvalue weighted by Gasteiger charge is -2.37. The van der Waals surface area contributed by atoms with Crippen LogP contribution in [0.5, 0.6) is 0 Å². The van der Waals surface area contributed by atoms with E-state index in [0.29, 0.717) is 15.9 Å². The van der Waals surface area contributed by atoms with Crippen LogP contribution in [-0.2, 0) is 4.79 Å². The second-order valence-electron chi connectivity index (χ2n) is 6.90. The van der Waals surface area contributed by atoms with Crippen molar-refractivity contribution in [3.05, 3.63) is 35.7 Å². The Balaban J connectivity index is 1.65. The number of nitrogens with zero attached hydrogens (tertiary/aromatic N) is 3. The van der Waals surface area contributed by atoms with Gasteiger partial charge in [-0.3, -0.25) is 9.79 Å². The van der Waals surface area contributed by atoms with Crippen molar-refractivity contribution in [1.29, 1.82) is 0 Å². The number of anilines is 1. The molecule has 150 valence electrons. The number of carbonyl (C=O) groups excluding carboxylic acids is 1. The van der Waals surface area contributed by atoms with Crippen LogP contribution >= 0.6 is 23.5 Å². The third kappa shape index (κ3) is 5.05. The summed E-state index contributed by atoms with van der Waals surface area (Å²) in [5.41, 5.74) is 12.2. The molecule has 0 aromatic carbocycles. The second kappa shape index (κ2) is 8.52. The highest BCUT2D eigenvalue weighted by atomic mass is 32.2. The number of nitrogen functional groups attached to an aromatic ring is 1. The lowest BCUT2D eigenvalue weighted by molar-refractivity contribution is -0.117. The van der Waals surface area contributed by atoms with Gasteiger partial charge in [-0.1, -0.05) is 29.6 Å². The Morgan fingerprint density at radius 1 is 1.46 bits per heavy atom. The number of amidine groups is 1. The van der Waals surface area contributed by atoms with Crippen molar-refractivity contribution in [3.63, 3.8) is 0 Å². The van der Waals surface area contributed by atoms with Gasteiger partial charge in [-0.15, -0.1) is 0 Å².